The number of nitrogens with zero attached hydrogens (tertiary/aromatic N) is 3. The number of piperidine rings is 1. The molecule has 0 unspecified atom stereocenters. The first-order chi connectivity index (χ1) is 15.0. The van der Waals surface area contributed by atoms with Crippen LogP contribution in [0.2, 0.25) is 0 Å². The Morgan fingerprint density at radius 1 is 0.968 bits per heavy atom. The predicted octanol–water partition coefficient (Wildman–Crippen LogP) is 3.24. The van der Waals surface area contributed by atoms with Crippen molar-refractivity contribution in [2.75, 3.05) is 33.8 Å². The van der Waals surface area contributed by atoms with Crippen LogP contribution >= 0.6 is 0 Å². The predicted molar refractivity (Wildman–Crippen MR) is 122 cm³/mol. The van der Waals surface area contributed by atoms with Gasteiger partial charge in [0.15, 0.2) is 0 Å². The van der Waals surface area contributed by atoms with Crippen molar-refractivity contribution >= 4 is 33.0 Å². The molecule has 2 heterocycles. The molecule has 0 atom stereocenters. The molecule has 0 spiro atoms. The van der Waals surface area contributed by atoms with Gasteiger partial charge in [0.25, 0.3) is 0 Å². The SMILES string of the molecule is O=C(CS(=O)(=O)Nc1ccc(N2CCCCC2)cc1)Nc1ccccc1-n1cccn1. The minimum absolute atomic E-state index is 0.436. The molecular formula is C22H25N5O3S. The van der Waals surface area contributed by atoms with E-state index in [4.69, 9.17) is 0 Å². The molecule has 2 N–H and O–H groups in total. The van der Waals surface area contributed by atoms with Crippen molar-refractivity contribution in [3.63, 3.8) is 0 Å². The molecule has 31 heavy (non-hydrogen) atoms. The second kappa shape index (κ2) is 9.22. The summed E-state index contributed by atoms with van der Waals surface area (Å²) in [4.78, 5) is 14.7. The first-order valence-electron chi connectivity index (χ1n) is 10.2. The summed E-state index contributed by atoms with van der Waals surface area (Å²) in [5.41, 5.74) is 2.65. The molecule has 8 nitrogen and oxygen atoms in total. The zero-order valence-corrected chi connectivity index (χ0v) is 17.9. The Morgan fingerprint density at radius 3 is 2.42 bits per heavy atom. The molecule has 1 aliphatic rings. The van der Waals surface area contributed by atoms with Crippen LogP contribution in [0.3, 0.4) is 0 Å². The van der Waals surface area contributed by atoms with Crippen LogP contribution in [0.15, 0.2) is 67.0 Å². The smallest absolute Gasteiger partial charge is 0.241 e. The zero-order valence-electron chi connectivity index (χ0n) is 17.1. The third-order valence-corrected chi connectivity index (χ3v) is 6.30. The Hall–Kier alpha value is -3.33. The molecule has 1 saturated heterocycles. The maximum atomic E-state index is 12.5. The van der Waals surface area contributed by atoms with Crippen molar-refractivity contribution in [2.24, 2.45) is 0 Å². The maximum Gasteiger partial charge on any atom is 0.241 e. The van der Waals surface area contributed by atoms with E-state index in [1.165, 1.54) is 19.3 Å². The second-order valence-electron chi connectivity index (χ2n) is 7.47. The van der Waals surface area contributed by atoms with Gasteiger partial charge in [-0.05, 0) is 61.7 Å². The highest BCUT2D eigenvalue weighted by atomic mass is 32.2. The summed E-state index contributed by atoms with van der Waals surface area (Å²) in [6, 6.07) is 16.1. The number of nitrogens with one attached hydrogen (secondary N) is 2. The van der Waals surface area contributed by atoms with E-state index < -0.39 is 21.7 Å². The van der Waals surface area contributed by atoms with Crippen molar-refractivity contribution in [1.82, 2.24) is 9.78 Å². The van der Waals surface area contributed by atoms with E-state index in [1.54, 1.807) is 53.5 Å². The van der Waals surface area contributed by atoms with E-state index in [9.17, 15) is 13.2 Å². The summed E-state index contributed by atoms with van der Waals surface area (Å²) in [7, 11) is -3.86. The van der Waals surface area contributed by atoms with Gasteiger partial charge in [0.05, 0.1) is 11.4 Å². The summed E-state index contributed by atoms with van der Waals surface area (Å²) >= 11 is 0. The van der Waals surface area contributed by atoms with Crippen LogP contribution < -0.4 is 14.9 Å². The number of para-hydroxylation sites is 2. The molecule has 2 aromatic carbocycles. The standard InChI is InChI=1S/C22H25N5O3S/c28-22(24-20-7-2-3-8-21(20)27-16-6-13-23-27)17-31(29,30)25-18-9-11-19(12-10-18)26-14-4-1-5-15-26/h2-3,6-13,16,25H,1,4-5,14-15,17H2,(H,24,28). The third-order valence-electron chi connectivity index (χ3n) is 5.11. The minimum Gasteiger partial charge on any atom is -0.372 e. The van der Waals surface area contributed by atoms with E-state index in [2.05, 4.69) is 20.0 Å². The van der Waals surface area contributed by atoms with Crippen molar-refractivity contribution in [3.05, 3.63) is 67.0 Å². The molecule has 9 heteroatoms. The number of sulfonamides is 1. The lowest BCUT2D eigenvalue weighted by molar-refractivity contribution is -0.113. The fourth-order valence-electron chi connectivity index (χ4n) is 3.66. The lowest BCUT2D eigenvalue weighted by atomic mass is 10.1. The summed E-state index contributed by atoms with van der Waals surface area (Å²) < 4.78 is 29.1. The van der Waals surface area contributed by atoms with E-state index in [0.29, 0.717) is 17.1 Å². The fourth-order valence-corrected chi connectivity index (χ4v) is 4.64. The molecule has 1 amide bonds. The van der Waals surface area contributed by atoms with Crippen molar-refractivity contribution in [1.29, 1.82) is 0 Å². The molecule has 1 aliphatic heterocycles. The monoisotopic (exact) mass is 439 g/mol. The summed E-state index contributed by atoms with van der Waals surface area (Å²) in [6.45, 7) is 2.04. The number of rotatable bonds is 7. The Bertz CT molecular complexity index is 1120. The fraction of sp³-hybridized carbons (Fsp3) is 0.273. The van der Waals surface area contributed by atoms with Crippen LogP contribution in [-0.4, -0.2) is 42.9 Å². The molecule has 1 fully saturated rings. The van der Waals surface area contributed by atoms with Crippen molar-refractivity contribution in [2.45, 2.75) is 19.3 Å². The number of amides is 1. The highest BCUT2D eigenvalue weighted by molar-refractivity contribution is 7.93. The number of benzene rings is 2. The average molecular weight is 440 g/mol. The van der Waals surface area contributed by atoms with Crippen LogP contribution in [0.4, 0.5) is 17.1 Å². The third kappa shape index (κ3) is 5.43. The van der Waals surface area contributed by atoms with Gasteiger partial charge in [-0.25, -0.2) is 13.1 Å². The molecule has 0 saturated carbocycles. The van der Waals surface area contributed by atoms with Gasteiger partial charge in [-0.1, -0.05) is 12.1 Å². The van der Waals surface area contributed by atoms with E-state index in [1.807, 2.05) is 18.2 Å². The number of aromatic nitrogens is 2. The minimum atomic E-state index is -3.86. The Morgan fingerprint density at radius 2 is 1.71 bits per heavy atom. The van der Waals surface area contributed by atoms with Gasteiger partial charge in [-0.3, -0.25) is 9.52 Å². The summed E-state index contributed by atoms with van der Waals surface area (Å²) in [6.07, 6.45) is 6.98. The summed E-state index contributed by atoms with van der Waals surface area (Å²) in [5, 5.41) is 6.82. The number of anilines is 3. The van der Waals surface area contributed by atoms with Crippen LogP contribution in [0.1, 0.15) is 19.3 Å². The molecule has 0 bridgehead atoms. The van der Waals surface area contributed by atoms with Gasteiger partial charge in [-0.15, -0.1) is 0 Å². The normalized spacial score (nSPS) is 14.3. The zero-order chi connectivity index (χ0) is 21.7. The topological polar surface area (TPSA) is 96.3 Å². The molecule has 1 aromatic heterocycles. The average Bonchev–Trinajstić information content (AvgIpc) is 3.29. The quantitative estimate of drug-likeness (QED) is 0.589. The highest BCUT2D eigenvalue weighted by Crippen LogP contribution is 2.23. The van der Waals surface area contributed by atoms with Gasteiger partial charge in [0, 0.05) is 36.9 Å². The Labute approximate surface area is 181 Å². The van der Waals surface area contributed by atoms with Gasteiger partial charge in [0.1, 0.15) is 5.75 Å². The van der Waals surface area contributed by atoms with E-state index in [0.717, 1.165) is 18.8 Å². The van der Waals surface area contributed by atoms with Gasteiger partial charge >= 0.3 is 0 Å². The number of hydrogen-bond donors (Lipinski definition) is 2. The van der Waals surface area contributed by atoms with E-state index in [-0.39, 0.29) is 0 Å². The first kappa shape index (κ1) is 20.9. The lowest BCUT2D eigenvalue weighted by Crippen LogP contribution is -2.29. The van der Waals surface area contributed by atoms with Crippen LogP contribution in [0.5, 0.6) is 0 Å². The molecule has 0 aliphatic carbocycles. The Balaban J connectivity index is 1.38. The molecule has 162 valence electrons. The van der Waals surface area contributed by atoms with Crippen molar-refractivity contribution < 1.29 is 13.2 Å². The largest absolute Gasteiger partial charge is 0.372 e. The molecule has 0 radical (unpaired) electrons. The molecular weight excluding hydrogens is 414 g/mol. The lowest BCUT2D eigenvalue weighted by Gasteiger charge is -2.28. The van der Waals surface area contributed by atoms with Crippen LogP contribution in [0.25, 0.3) is 5.69 Å². The second-order valence-corrected chi connectivity index (χ2v) is 9.19. The van der Waals surface area contributed by atoms with E-state index >= 15 is 0 Å². The molecule has 3 aromatic rings. The Kier molecular flexibility index (Phi) is 6.22. The van der Waals surface area contributed by atoms with Crippen LogP contribution in [-0.2, 0) is 14.8 Å². The molecule has 4 rings (SSSR count). The number of hydrogen-bond acceptors (Lipinski definition) is 5. The number of carbonyl (C=O) groups is 1. The number of carbonyl (C=O) groups excluding carboxylic acids is 1. The highest BCUT2D eigenvalue weighted by Gasteiger charge is 2.18. The van der Waals surface area contributed by atoms with Gasteiger partial charge < -0.3 is 10.2 Å². The summed E-state index contributed by atoms with van der Waals surface area (Å²) in [5.74, 6) is -1.31. The van der Waals surface area contributed by atoms with Gasteiger partial charge in [0.2, 0.25) is 15.9 Å². The van der Waals surface area contributed by atoms with Crippen LogP contribution in [0, 0.1) is 0 Å². The first-order valence-corrected chi connectivity index (χ1v) is 11.9. The van der Waals surface area contributed by atoms with Crippen molar-refractivity contribution in [3.8, 4) is 5.69 Å². The van der Waals surface area contributed by atoms with Gasteiger partial charge in [-0.2, -0.15) is 5.10 Å². The maximum absolute atomic E-state index is 12.5.